The van der Waals surface area contributed by atoms with Crippen LogP contribution in [-0.2, 0) is 0 Å². The fraction of sp³-hybridized carbons (Fsp3) is 0.500. The van der Waals surface area contributed by atoms with Crippen LogP contribution in [0, 0.1) is 5.82 Å². The van der Waals surface area contributed by atoms with Gasteiger partial charge in [-0.2, -0.15) is 0 Å². The molecular weight excluding hydrogens is 227 g/mol. The van der Waals surface area contributed by atoms with Crippen LogP contribution < -0.4 is 10.2 Å². The van der Waals surface area contributed by atoms with Crippen LogP contribution in [0.3, 0.4) is 0 Å². The highest BCUT2D eigenvalue weighted by atomic mass is 35.5. The predicted molar refractivity (Wildman–Crippen MR) is 65.7 cm³/mol. The highest BCUT2D eigenvalue weighted by Crippen LogP contribution is 2.24. The van der Waals surface area contributed by atoms with Gasteiger partial charge in [0, 0.05) is 30.9 Å². The maximum Gasteiger partial charge on any atom is 0.141 e. The summed E-state index contributed by atoms with van der Waals surface area (Å²) in [5.41, 5.74) is 0.992. The van der Waals surface area contributed by atoms with E-state index in [9.17, 15) is 4.39 Å². The number of hydrogen-bond donors (Lipinski definition) is 1. The molecular formula is C12H16ClFN2. The van der Waals surface area contributed by atoms with Gasteiger partial charge >= 0.3 is 0 Å². The monoisotopic (exact) mass is 242 g/mol. The summed E-state index contributed by atoms with van der Waals surface area (Å²) in [6.07, 6.45) is 0. The van der Waals surface area contributed by atoms with Crippen LogP contribution in [0.2, 0.25) is 5.02 Å². The Morgan fingerprint density at radius 2 is 1.94 bits per heavy atom. The largest absolute Gasteiger partial charge is 0.368 e. The van der Waals surface area contributed by atoms with Crippen molar-refractivity contribution in [2.75, 3.05) is 18.0 Å². The van der Waals surface area contributed by atoms with Crippen LogP contribution in [0.4, 0.5) is 10.1 Å². The lowest BCUT2D eigenvalue weighted by Gasteiger charge is -2.37. The van der Waals surface area contributed by atoms with E-state index < -0.39 is 0 Å². The van der Waals surface area contributed by atoms with Crippen molar-refractivity contribution in [3.05, 3.63) is 29.0 Å². The van der Waals surface area contributed by atoms with E-state index in [-0.39, 0.29) is 10.8 Å². The molecule has 1 heterocycles. The van der Waals surface area contributed by atoms with Gasteiger partial charge in [-0.1, -0.05) is 11.6 Å². The SMILES string of the molecule is CC1CN(c2ccc(F)c(Cl)c2)CC(C)N1. The van der Waals surface area contributed by atoms with Crippen LogP contribution in [0.1, 0.15) is 13.8 Å². The molecule has 1 N–H and O–H groups in total. The van der Waals surface area contributed by atoms with E-state index in [1.165, 1.54) is 6.07 Å². The molecule has 1 saturated heterocycles. The molecule has 0 amide bonds. The van der Waals surface area contributed by atoms with E-state index >= 15 is 0 Å². The molecule has 0 aliphatic carbocycles. The predicted octanol–water partition coefficient (Wildman–Crippen LogP) is 2.67. The zero-order valence-corrected chi connectivity index (χ0v) is 10.3. The number of nitrogens with one attached hydrogen (secondary N) is 1. The minimum atomic E-state index is -0.360. The Morgan fingerprint density at radius 3 is 2.50 bits per heavy atom. The van der Waals surface area contributed by atoms with Crippen LogP contribution in [0.5, 0.6) is 0 Å². The molecule has 0 spiro atoms. The summed E-state index contributed by atoms with van der Waals surface area (Å²) >= 11 is 5.79. The molecule has 4 heteroatoms. The topological polar surface area (TPSA) is 15.3 Å². The average Bonchev–Trinajstić information content (AvgIpc) is 2.20. The van der Waals surface area contributed by atoms with Gasteiger partial charge in [-0.3, -0.25) is 0 Å². The molecule has 16 heavy (non-hydrogen) atoms. The molecule has 2 nitrogen and oxygen atoms in total. The standard InChI is InChI=1S/C12H16ClFN2/c1-8-6-16(7-9(2)15-8)10-3-4-12(14)11(13)5-10/h3-5,8-9,15H,6-7H2,1-2H3. The van der Waals surface area contributed by atoms with E-state index in [2.05, 4.69) is 24.1 Å². The van der Waals surface area contributed by atoms with E-state index in [4.69, 9.17) is 11.6 Å². The lowest BCUT2D eigenvalue weighted by atomic mass is 10.1. The maximum absolute atomic E-state index is 13.1. The number of piperazine rings is 1. The van der Waals surface area contributed by atoms with Gasteiger partial charge < -0.3 is 10.2 Å². The number of halogens is 2. The summed E-state index contributed by atoms with van der Waals surface area (Å²) in [5.74, 6) is -0.360. The number of rotatable bonds is 1. The number of benzene rings is 1. The van der Waals surface area contributed by atoms with Crippen molar-refractivity contribution < 1.29 is 4.39 Å². The van der Waals surface area contributed by atoms with Crippen LogP contribution in [-0.4, -0.2) is 25.2 Å². The van der Waals surface area contributed by atoms with Gasteiger partial charge in [-0.05, 0) is 32.0 Å². The van der Waals surface area contributed by atoms with Gasteiger partial charge in [0.2, 0.25) is 0 Å². The second kappa shape index (κ2) is 4.60. The molecule has 2 unspecified atom stereocenters. The molecule has 2 atom stereocenters. The fourth-order valence-corrected chi connectivity index (χ4v) is 2.39. The minimum Gasteiger partial charge on any atom is -0.368 e. The molecule has 0 saturated carbocycles. The van der Waals surface area contributed by atoms with Crippen molar-refractivity contribution >= 4 is 17.3 Å². The van der Waals surface area contributed by atoms with E-state index in [0.29, 0.717) is 12.1 Å². The van der Waals surface area contributed by atoms with Crippen molar-refractivity contribution in [3.8, 4) is 0 Å². The van der Waals surface area contributed by atoms with Crippen molar-refractivity contribution in [2.45, 2.75) is 25.9 Å². The van der Waals surface area contributed by atoms with Crippen molar-refractivity contribution in [1.82, 2.24) is 5.32 Å². The lowest BCUT2D eigenvalue weighted by molar-refractivity contribution is 0.407. The molecule has 2 rings (SSSR count). The molecule has 0 aromatic heterocycles. The van der Waals surface area contributed by atoms with E-state index in [1.807, 2.05) is 0 Å². The zero-order chi connectivity index (χ0) is 11.7. The first kappa shape index (κ1) is 11.7. The van der Waals surface area contributed by atoms with Gasteiger partial charge in [0.15, 0.2) is 0 Å². The second-order valence-corrected chi connectivity index (χ2v) is 4.88. The van der Waals surface area contributed by atoms with Gasteiger partial charge in [-0.15, -0.1) is 0 Å². The number of anilines is 1. The Balaban J connectivity index is 2.19. The van der Waals surface area contributed by atoms with Gasteiger partial charge in [0.05, 0.1) is 5.02 Å². The summed E-state index contributed by atoms with van der Waals surface area (Å²) < 4.78 is 13.1. The summed E-state index contributed by atoms with van der Waals surface area (Å²) in [6, 6.07) is 5.78. The summed E-state index contributed by atoms with van der Waals surface area (Å²) in [6.45, 7) is 6.14. The fourth-order valence-electron chi connectivity index (χ4n) is 2.22. The van der Waals surface area contributed by atoms with Crippen molar-refractivity contribution in [1.29, 1.82) is 0 Å². The third-order valence-electron chi connectivity index (χ3n) is 2.83. The normalized spacial score (nSPS) is 25.9. The summed E-state index contributed by atoms with van der Waals surface area (Å²) in [5, 5.41) is 3.65. The molecule has 1 aromatic rings. The molecule has 88 valence electrons. The Labute approximate surface area is 100 Å². The first-order chi connectivity index (χ1) is 7.56. The molecule has 1 aromatic carbocycles. The Kier molecular flexibility index (Phi) is 3.36. The molecule has 0 radical (unpaired) electrons. The van der Waals surface area contributed by atoms with Crippen molar-refractivity contribution in [2.24, 2.45) is 0 Å². The Morgan fingerprint density at radius 1 is 1.31 bits per heavy atom. The molecule has 1 aliphatic heterocycles. The Hall–Kier alpha value is -0.800. The number of nitrogens with zero attached hydrogens (tertiary/aromatic N) is 1. The van der Waals surface area contributed by atoms with Crippen LogP contribution >= 0.6 is 11.6 Å². The van der Waals surface area contributed by atoms with Gasteiger partial charge in [0.1, 0.15) is 5.82 Å². The maximum atomic E-state index is 13.1. The van der Waals surface area contributed by atoms with Gasteiger partial charge in [-0.25, -0.2) is 4.39 Å². The highest BCUT2D eigenvalue weighted by molar-refractivity contribution is 6.31. The number of hydrogen-bond acceptors (Lipinski definition) is 2. The van der Waals surface area contributed by atoms with Crippen molar-refractivity contribution in [3.63, 3.8) is 0 Å². The summed E-state index contributed by atoms with van der Waals surface area (Å²) in [7, 11) is 0. The molecule has 1 aliphatic rings. The first-order valence-electron chi connectivity index (χ1n) is 5.52. The highest BCUT2D eigenvalue weighted by Gasteiger charge is 2.21. The van der Waals surface area contributed by atoms with Gasteiger partial charge in [0.25, 0.3) is 0 Å². The van der Waals surface area contributed by atoms with Crippen LogP contribution in [0.15, 0.2) is 18.2 Å². The quantitative estimate of drug-likeness (QED) is 0.815. The van der Waals surface area contributed by atoms with E-state index in [0.717, 1.165) is 18.8 Å². The smallest absolute Gasteiger partial charge is 0.141 e. The summed E-state index contributed by atoms with van der Waals surface area (Å²) in [4.78, 5) is 2.23. The minimum absolute atomic E-state index is 0.191. The zero-order valence-electron chi connectivity index (χ0n) is 9.50. The van der Waals surface area contributed by atoms with Crippen LogP contribution in [0.25, 0.3) is 0 Å². The first-order valence-corrected chi connectivity index (χ1v) is 5.90. The second-order valence-electron chi connectivity index (χ2n) is 4.47. The Bertz CT molecular complexity index is 373. The molecule has 0 bridgehead atoms. The average molecular weight is 243 g/mol. The molecule has 1 fully saturated rings. The third-order valence-corrected chi connectivity index (χ3v) is 3.12. The van der Waals surface area contributed by atoms with E-state index in [1.54, 1.807) is 12.1 Å². The third kappa shape index (κ3) is 2.47. The lowest BCUT2D eigenvalue weighted by Crippen LogP contribution is -2.54.